The largest absolute Gasteiger partial charge is 0.497 e. The lowest BCUT2D eigenvalue weighted by Crippen LogP contribution is -2.49. The van der Waals surface area contributed by atoms with Gasteiger partial charge in [0.15, 0.2) is 0 Å². The Labute approximate surface area is 175 Å². The van der Waals surface area contributed by atoms with Gasteiger partial charge in [0.1, 0.15) is 11.6 Å². The molecule has 3 rings (SSSR count). The normalized spacial score (nSPS) is 14.8. The number of benzene rings is 1. The molecule has 0 saturated carbocycles. The predicted octanol–water partition coefficient (Wildman–Crippen LogP) is 4.20. The molecule has 0 N–H and O–H groups in total. The van der Waals surface area contributed by atoms with E-state index in [2.05, 4.69) is 4.98 Å². The van der Waals surface area contributed by atoms with Crippen LogP contribution in [-0.2, 0) is 11.0 Å². The van der Waals surface area contributed by atoms with Crippen LogP contribution in [0.1, 0.15) is 5.56 Å². The molecule has 10 heteroatoms. The lowest BCUT2D eigenvalue weighted by molar-refractivity contribution is -0.137. The van der Waals surface area contributed by atoms with Crippen LogP contribution in [0.2, 0.25) is 5.02 Å². The topological polar surface area (TPSA) is 45.7 Å². The fraction of sp³-hybridized carbons (Fsp3) is 0.368. The summed E-state index contributed by atoms with van der Waals surface area (Å²) < 4.78 is 43.4. The molecule has 1 aromatic heterocycles. The third-order valence-corrected chi connectivity index (χ3v) is 5.78. The number of amides is 1. The summed E-state index contributed by atoms with van der Waals surface area (Å²) in [6, 6.07) is 8.35. The monoisotopic (exact) mass is 445 g/mol. The molecule has 5 nitrogen and oxygen atoms in total. The Hall–Kier alpha value is -2.13. The third-order valence-electron chi connectivity index (χ3n) is 4.50. The zero-order valence-corrected chi connectivity index (χ0v) is 17.2. The first-order valence-corrected chi connectivity index (χ1v) is 10.2. The van der Waals surface area contributed by atoms with E-state index in [1.165, 1.54) is 11.8 Å². The van der Waals surface area contributed by atoms with Gasteiger partial charge in [-0.2, -0.15) is 13.2 Å². The van der Waals surface area contributed by atoms with Gasteiger partial charge in [0.05, 0.1) is 23.4 Å². The van der Waals surface area contributed by atoms with Gasteiger partial charge in [-0.1, -0.05) is 11.6 Å². The number of nitrogens with zero attached hydrogens (tertiary/aromatic N) is 3. The molecule has 1 aromatic carbocycles. The lowest BCUT2D eigenvalue weighted by atomic mass is 10.2. The number of thioether (sulfide) groups is 1. The van der Waals surface area contributed by atoms with Crippen molar-refractivity contribution in [1.82, 2.24) is 9.88 Å². The average Bonchev–Trinajstić information content (AvgIpc) is 2.72. The molecular weight excluding hydrogens is 427 g/mol. The minimum atomic E-state index is -4.48. The summed E-state index contributed by atoms with van der Waals surface area (Å²) in [5.74, 6) is 1.38. The Bertz CT molecular complexity index is 857. The lowest BCUT2D eigenvalue weighted by Gasteiger charge is -2.35. The number of pyridine rings is 1. The van der Waals surface area contributed by atoms with E-state index in [9.17, 15) is 18.0 Å². The molecule has 2 aromatic rings. The zero-order chi connectivity index (χ0) is 21.0. The van der Waals surface area contributed by atoms with E-state index in [1.54, 1.807) is 16.9 Å². The molecular formula is C19H19ClF3N3O2S. The summed E-state index contributed by atoms with van der Waals surface area (Å²) in [6.07, 6.45) is -3.70. The minimum Gasteiger partial charge on any atom is -0.497 e. The second kappa shape index (κ2) is 9.13. The van der Waals surface area contributed by atoms with Crippen LogP contribution in [0.15, 0.2) is 41.4 Å². The number of alkyl halides is 3. The number of anilines is 1. The maximum atomic E-state index is 12.8. The molecule has 0 radical (unpaired) electrons. The number of hydrogen-bond acceptors (Lipinski definition) is 5. The van der Waals surface area contributed by atoms with Gasteiger partial charge in [-0.25, -0.2) is 4.98 Å². The SMILES string of the molecule is COc1ccc(SCC(=O)N2CCN(c3ncc(C(F)(F)F)cc3Cl)CC2)cc1. The quantitative estimate of drug-likeness (QED) is 0.645. The fourth-order valence-electron chi connectivity index (χ4n) is 2.89. The van der Waals surface area contributed by atoms with E-state index in [1.807, 2.05) is 24.3 Å². The van der Waals surface area contributed by atoms with Crippen molar-refractivity contribution in [1.29, 1.82) is 0 Å². The molecule has 1 fully saturated rings. The number of piperazine rings is 1. The molecule has 0 unspecified atom stereocenters. The third kappa shape index (κ3) is 5.48. The standard InChI is InChI=1S/C19H19ClF3N3O2S/c1-28-14-2-4-15(5-3-14)29-12-17(27)25-6-8-26(9-7-25)18-16(20)10-13(11-24-18)19(21,22)23/h2-5,10-11H,6-9,12H2,1H3. The van der Waals surface area contributed by atoms with Crippen molar-refractivity contribution in [2.24, 2.45) is 0 Å². The van der Waals surface area contributed by atoms with Crippen LogP contribution in [0.25, 0.3) is 0 Å². The van der Waals surface area contributed by atoms with E-state index in [0.717, 1.165) is 22.9 Å². The molecule has 2 heterocycles. The van der Waals surface area contributed by atoms with Gasteiger partial charge in [0, 0.05) is 37.3 Å². The zero-order valence-electron chi connectivity index (χ0n) is 15.6. The van der Waals surface area contributed by atoms with Gasteiger partial charge in [0.25, 0.3) is 0 Å². The highest BCUT2D eigenvalue weighted by molar-refractivity contribution is 8.00. The van der Waals surface area contributed by atoms with Crippen molar-refractivity contribution in [3.05, 3.63) is 47.1 Å². The molecule has 1 saturated heterocycles. The molecule has 1 aliphatic rings. The van der Waals surface area contributed by atoms with Crippen molar-refractivity contribution < 1.29 is 22.7 Å². The molecule has 0 spiro atoms. The van der Waals surface area contributed by atoms with Gasteiger partial charge in [-0.3, -0.25) is 4.79 Å². The molecule has 0 atom stereocenters. The second-order valence-corrected chi connectivity index (χ2v) is 7.82. The van der Waals surface area contributed by atoms with Crippen molar-refractivity contribution in [3.63, 3.8) is 0 Å². The summed E-state index contributed by atoms with van der Waals surface area (Å²) in [5.41, 5.74) is -0.879. The minimum absolute atomic E-state index is 0.0111. The van der Waals surface area contributed by atoms with Crippen molar-refractivity contribution in [3.8, 4) is 5.75 Å². The van der Waals surface area contributed by atoms with Gasteiger partial charge in [-0.05, 0) is 30.3 Å². The van der Waals surface area contributed by atoms with Crippen LogP contribution in [0.3, 0.4) is 0 Å². The number of hydrogen-bond donors (Lipinski definition) is 0. The number of halogens is 4. The van der Waals surface area contributed by atoms with Gasteiger partial charge in [-0.15, -0.1) is 11.8 Å². The van der Waals surface area contributed by atoms with E-state index in [4.69, 9.17) is 16.3 Å². The maximum Gasteiger partial charge on any atom is 0.417 e. The smallest absolute Gasteiger partial charge is 0.417 e. The Morgan fingerprint density at radius 3 is 2.41 bits per heavy atom. The van der Waals surface area contributed by atoms with Gasteiger partial charge in [0.2, 0.25) is 5.91 Å². The van der Waals surface area contributed by atoms with Crippen LogP contribution in [0.4, 0.5) is 19.0 Å². The highest BCUT2D eigenvalue weighted by Crippen LogP contribution is 2.33. The average molecular weight is 446 g/mol. The van der Waals surface area contributed by atoms with Gasteiger partial charge < -0.3 is 14.5 Å². The Morgan fingerprint density at radius 1 is 1.21 bits per heavy atom. The van der Waals surface area contributed by atoms with Crippen LogP contribution < -0.4 is 9.64 Å². The number of carbonyl (C=O) groups excluding carboxylic acids is 1. The number of methoxy groups -OCH3 is 1. The van der Waals surface area contributed by atoms with E-state index >= 15 is 0 Å². The first-order chi connectivity index (χ1) is 13.8. The second-order valence-electron chi connectivity index (χ2n) is 6.36. The van der Waals surface area contributed by atoms with Crippen LogP contribution in [0, 0.1) is 0 Å². The van der Waals surface area contributed by atoms with Crippen LogP contribution >= 0.6 is 23.4 Å². The summed E-state index contributed by atoms with van der Waals surface area (Å²) in [6.45, 7) is 1.83. The Balaban J connectivity index is 1.52. The first kappa shape index (κ1) is 21.6. The molecule has 0 bridgehead atoms. The van der Waals surface area contributed by atoms with Crippen molar-refractivity contribution in [2.75, 3.05) is 43.9 Å². The molecule has 1 aliphatic heterocycles. The summed E-state index contributed by atoms with van der Waals surface area (Å²) in [4.78, 5) is 20.8. The molecule has 29 heavy (non-hydrogen) atoms. The van der Waals surface area contributed by atoms with Crippen LogP contribution in [0.5, 0.6) is 5.75 Å². The van der Waals surface area contributed by atoms with E-state index in [-0.39, 0.29) is 10.9 Å². The number of carbonyl (C=O) groups is 1. The van der Waals surface area contributed by atoms with E-state index in [0.29, 0.717) is 37.7 Å². The highest BCUT2D eigenvalue weighted by Gasteiger charge is 2.32. The molecule has 0 aliphatic carbocycles. The number of ether oxygens (including phenoxy) is 1. The Kier molecular flexibility index (Phi) is 6.79. The van der Waals surface area contributed by atoms with Crippen LogP contribution in [-0.4, -0.2) is 54.8 Å². The summed E-state index contributed by atoms with van der Waals surface area (Å²) >= 11 is 7.45. The predicted molar refractivity (Wildman–Crippen MR) is 107 cm³/mol. The summed E-state index contributed by atoms with van der Waals surface area (Å²) in [5, 5.41) is -0.0466. The van der Waals surface area contributed by atoms with Crippen molar-refractivity contribution >= 4 is 35.1 Å². The molecule has 156 valence electrons. The molecule has 1 amide bonds. The number of aromatic nitrogens is 1. The van der Waals surface area contributed by atoms with Crippen molar-refractivity contribution in [2.45, 2.75) is 11.1 Å². The van der Waals surface area contributed by atoms with Gasteiger partial charge >= 0.3 is 6.18 Å². The maximum absolute atomic E-state index is 12.8. The Morgan fingerprint density at radius 2 is 1.86 bits per heavy atom. The summed E-state index contributed by atoms with van der Waals surface area (Å²) in [7, 11) is 1.60. The first-order valence-electron chi connectivity index (χ1n) is 8.80. The van der Waals surface area contributed by atoms with E-state index < -0.39 is 11.7 Å². The number of rotatable bonds is 5. The fourth-order valence-corrected chi connectivity index (χ4v) is 3.98. The highest BCUT2D eigenvalue weighted by atomic mass is 35.5.